The van der Waals surface area contributed by atoms with E-state index in [9.17, 15) is 0 Å². The minimum atomic E-state index is 0.630. The van der Waals surface area contributed by atoms with E-state index in [2.05, 4.69) is 28.6 Å². The second kappa shape index (κ2) is 3.96. The normalized spacial score (nSPS) is 16.7. The van der Waals surface area contributed by atoms with Gasteiger partial charge in [0.05, 0.1) is 11.4 Å². The molecule has 0 unspecified atom stereocenters. The fourth-order valence-electron chi connectivity index (χ4n) is 1.86. The van der Waals surface area contributed by atoms with Crippen molar-refractivity contribution in [3.05, 3.63) is 29.6 Å². The molecular weight excluding hydrogens is 174 g/mol. The van der Waals surface area contributed by atoms with Crippen molar-refractivity contribution in [2.24, 2.45) is 7.05 Å². The molecule has 0 spiro atoms. The molecule has 14 heavy (non-hydrogen) atoms. The molecule has 1 aromatic heterocycles. The van der Waals surface area contributed by atoms with Gasteiger partial charge in [-0.3, -0.25) is 4.68 Å². The van der Waals surface area contributed by atoms with E-state index in [1.807, 2.05) is 18.7 Å². The summed E-state index contributed by atoms with van der Waals surface area (Å²) in [4.78, 5) is 0. The SMILES string of the molecule is Cc1cc(CNC2CC=CC2)n(C)n1. The maximum atomic E-state index is 4.32. The molecule has 1 N–H and O–H groups in total. The maximum Gasteiger partial charge on any atom is 0.0597 e. The van der Waals surface area contributed by atoms with Crippen LogP contribution in [0.3, 0.4) is 0 Å². The molecule has 0 atom stereocenters. The molecule has 1 aliphatic rings. The molecule has 0 amide bonds. The van der Waals surface area contributed by atoms with E-state index < -0.39 is 0 Å². The molecule has 0 saturated heterocycles. The first-order chi connectivity index (χ1) is 6.75. The standard InChI is InChI=1S/C11H17N3/c1-9-7-11(14(2)13-9)8-12-10-5-3-4-6-10/h3-4,7,10,12H,5-6,8H2,1-2H3. The van der Waals surface area contributed by atoms with Crippen LogP contribution in [0.4, 0.5) is 0 Å². The van der Waals surface area contributed by atoms with Crippen molar-refractivity contribution in [2.75, 3.05) is 0 Å². The largest absolute Gasteiger partial charge is 0.308 e. The van der Waals surface area contributed by atoms with Crippen LogP contribution in [0.2, 0.25) is 0 Å². The molecule has 3 nitrogen and oxygen atoms in total. The summed E-state index contributed by atoms with van der Waals surface area (Å²) in [6.45, 7) is 2.95. The Morgan fingerprint density at radius 3 is 2.79 bits per heavy atom. The third-order valence-electron chi connectivity index (χ3n) is 2.68. The van der Waals surface area contributed by atoms with E-state index in [-0.39, 0.29) is 0 Å². The van der Waals surface area contributed by atoms with Gasteiger partial charge in [-0.15, -0.1) is 0 Å². The highest BCUT2D eigenvalue weighted by Crippen LogP contribution is 2.10. The van der Waals surface area contributed by atoms with Crippen molar-refractivity contribution in [1.29, 1.82) is 0 Å². The number of rotatable bonds is 3. The first-order valence-electron chi connectivity index (χ1n) is 5.13. The molecule has 0 saturated carbocycles. The minimum absolute atomic E-state index is 0.630. The summed E-state index contributed by atoms with van der Waals surface area (Å²) in [5.41, 5.74) is 2.35. The van der Waals surface area contributed by atoms with Crippen LogP contribution < -0.4 is 5.32 Å². The van der Waals surface area contributed by atoms with Crippen LogP contribution in [0, 0.1) is 6.92 Å². The van der Waals surface area contributed by atoms with E-state index in [1.54, 1.807) is 0 Å². The van der Waals surface area contributed by atoms with E-state index >= 15 is 0 Å². The van der Waals surface area contributed by atoms with Crippen LogP contribution in [0.1, 0.15) is 24.2 Å². The van der Waals surface area contributed by atoms with Crippen LogP contribution in [0.25, 0.3) is 0 Å². The molecule has 1 heterocycles. The molecule has 0 fully saturated rings. The van der Waals surface area contributed by atoms with Crippen molar-refractivity contribution < 1.29 is 0 Å². The molecule has 76 valence electrons. The van der Waals surface area contributed by atoms with Gasteiger partial charge in [-0.2, -0.15) is 5.10 Å². The van der Waals surface area contributed by atoms with Gasteiger partial charge in [-0.05, 0) is 25.8 Å². The molecule has 0 aromatic carbocycles. The molecule has 3 heteroatoms. The van der Waals surface area contributed by atoms with Gasteiger partial charge in [0.2, 0.25) is 0 Å². The topological polar surface area (TPSA) is 29.9 Å². The Labute approximate surface area is 84.8 Å². The summed E-state index contributed by atoms with van der Waals surface area (Å²) >= 11 is 0. The van der Waals surface area contributed by atoms with Crippen LogP contribution in [-0.4, -0.2) is 15.8 Å². The van der Waals surface area contributed by atoms with E-state index in [4.69, 9.17) is 0 Å². The highest BCUT2D eigenvalue weighted by molar-refractivity contribution is 5.09. The molecule has 0 aliphatic heterocycles. The molecule has 1 aromatic rings. The molecule has 0 radical (unpaired) electrons. The third-order valence-corrected chi connectivity index (χ3v) is 2.68. The Bertz CT molecular complexity index is 330. The predicted molar refractivity (Wildman–Crippen MR) is 56.9 cm³/mol. The lowest BCUT2D eigenvalue weighted by Gasteiger charge is -2.11. The van der Waals surface area contributed by atoms with E-state index in [0.29, 0.717) is 6.04 Å². The molecule has 1 aliphatic carbocycles. The monoisotopic (exact) mass is 191 g/mol. The van der Waals surface area contributed by atoms with E-state index in [0.717, 1.165) is 25.1 Å². The van der Waals surface area contributed by atoms with Gasteiger partial charge in [0.1, 0.15) is 0 Å². The first kappa shape index (κ1) is 9.46. The van der Waals surface area contributed by atoms with Crippen molar-refractivity contribution in [3.8, 4) is 0 Å². The zero-order chi connectivity index (χ0) is 9.97. The van der Waals surface area contributed by atoms with Gasteiger partial charge in [-0.1, -0.05) is 12.2 Å². The van der Waals surface area contributed by atoms with Crippen LogP contribution in [-0.2, 0) is 13.6 Å². The summed E-state index contributed by atoms with van der Waals surface area (Å²) in [6, 6.07) is 2.76. The Balaban J connectivity index is 1.88. The number of aromatic nitrogens is 2. The molecule has 0 bridgehead atoms. The van der Waals surface area contributed by atoms with Gasteiger partial charge in [0.15, 0.2) is 0 Å². The predicted octanol–water partition coefficient (Wildman–Crippen LogP) is 1.54. The molecular formula is C11H17N3. The number of hydrogen-bond donors (Lipinski definition) is 1. The average molecular weight is 191 g/mol. The van der Waals surface area contributed by atoms with Crippen LogP contribution >= 0.6 is 0 Å². The maximum absolute atomic E-state index is 4.32. The first-order valence-corrected chi connectivity index (χ1v) is 5.13. The van der Waals surface area contributed by atoms with E-state index in [1.165, 1.54) is 5.69 Å². The van der Waals surface area contributed by atoms with Gasteiger partial charge in [0.25, 0.3) is 0 Å². The Hall–Kier alpha value is -1.09. The van der Waals surface area contributed by atoms with Crippen LogP contribution in [0.5, 0.6) is 0 Å². The van der Waals surface area contributed by atoms with Gasteiger partial charge in [-0.25, -0.2) is 0 Å². The fourth-order valence-corrected chi connectivity index (χ4v) is 1.86. The summed E-state index contributed by atoms with van der Waals surface area (Å²) in [7, 11) is 2.00. The summed E-state index contributed by atoms with van der Waals surface area (Å²) < 4.78 is 1.95. The Morgan fingerprint density at radius 2 is 2.21 bits per heavy atom. The average Bonchev–Trinajstić information content (AvgIpc) is 2.72. The lowest BCUT2D eigenvalue weighted by Crippen LogP contribution is -2.26. The van der Waals surface area contributed by atoms with Gasteiger partial charge < -0.3 is 5.32 Å². The van der Waals surface area contributed by atoms with Crippen molar-refractivity contribution in [2.45, 2.75) is 32.4 Å². The van der Waals surface area contributed by atoms with Gasteiger partial charge >= 0.3 is 0 Å². The minimum Gasteiger partial charge on any atom is -0.308 e. The van der Waals surface area contributed by atoms with Gasteiger partial charge in [0, 0.05) is 19.6 Å². The summed E-state index contributed by atoms with van der Waals surface area (Å²) in [5, 5.41) is 7.85. The third kappa shape index (κ3) is 2.04. The number of nitrogens with zero attached hydrogens (tertiary/aromatic N) is 2. The van der Waals surface area contributed by atoms with Crippen molar-refractivity contribution >= 4 is 0 Å². The number of hydrogen-bond acceptors (Lipinski definition) is 2. The lowest BCUT2D eigenvalue weighted by atomic mass is 10.2. The van der Waals surface area contributed by atoms with Crippen LogP contribution in [0.15, 0.2) is 18.2 Å². The van der Waals surface area contributed by atoms with Crippen molar-refractivity contribution in [3.63, 3.8) is 0 Å². The summed E-state index contributed by atoms with van der Waals surface area (Å²) in [6.07, 6.45) is 6.81. The highest BCUT2D eigenvalue weighted by Gasteiger charge is 2.10. The fraction of sp³-hybridized carbons (Fsp3) is 0.545. The van der Waals surface area contributed by atoms with Crippen molar-refractivity contribution in [1.82, 2.24) is 15.1 Å². The zero-order valence-corrected chi connectivity index (χ0v) is 8.83. The second-order valence-electron chi connectivity index (χ2n) is 3.92. The Morgan fingerprint density at radius 1 is 1.50 bits per heavy atom. The molecule has 2 rings (SSSR count). The number of aryl methyl sites for hydroxylation is 2. The zero-order valence-electron chi connectivity index (χ0n) is 8.83. The highest BCUT2D eigenvalue weighted by atomic mass is 15.3. The summed E-state index contributed by atoms with van der Waals surface area (Å²) in [5.74, 6) is 0. The Kier molecular flexibility index (Phi) is 2.68. The second-order valence-corrected chi connectivity index (χ2v) is 3.92. The lowest BCUT2D eigenvalue weighted by molar-refractivity contribution is 0.519. The number of nitrogens with one attached hydrogen (secondary N) is 1. The quantitative estimate of drug-likeness (QED) is 0.734. The smallest absolute Gasteiger partial charge is 0.0597 e.